The number of halogens is 1. The number of carbonyl (C=O) groups is 1. The Hall–Kier alpha value is -2.63. The molecule has 2 aromatic carbocycles. The van der Waals surface area contributed by atoms with Crippen molar-refractivity contribution < 1.29 is 4.79 Å². The van der Waals surface area contributed by atoms with Crippen molar-refractivity contribution >= 4 is 39.1 Å². The molecule has 0 saturated heterocycles. The summed E-state index contributed by atoms with van der Waals surface area (Å²) in [5.74, 6) is 0.0211. The lowest BCUT2D eigenvalue weighted by molar-refractivity contribution is 0.0790. The van der Waals surface area contributed by atoms with E-state index in [4.69, 9.17) is 11.6 Å². The second kappa shape index (κ2) is 8.01. The van der Waals surface area contributed by atoms with Crippen LogP contribution in [0.25, 0.3) is 15.9 Å². The van der Waals surface area contributed by atoms with Gasteiger partial charge in [-0.25, -0.2) is 4.68 Å². The van der Waals surface area contributed by atoms with Crippen LogP contribution in [0.5, 0.6) is 0 Å². The molecule has 2 aromatic heterocycles. The quantitative estimate of drug-likeness (QED) is 0.401. The van der Waals surface area contributed by atoms with Crippen LogP contribution in [0.15, 0.2) is 54.6 Å². The van der Waals surface area contributed by atoms with E-state index < -0.39 is 0 Å². The molecule has 0 N–H and O–H groups in total. The third kappa shape index (κ3) is 3.93. The van der Waals surface area contributed by atoms with Crippen molar-refractivity contribution in [2.45, 2.75) is 26.8 Å². The highest BCUT2D eigenvalue weighted by Crippen LogP contribution is 2.31. The predicted octanol–water partition coefficient (Wildman–Crippen LogP) is 5.88. The number of amides is 1. The lowest BCUT2D eigenvalue weighted by Gasteiger charge is -2.16. The number of benzene rings is 2. The molecule has 148 valence electrons. The van der Waals surface area contributed by atoms with Gasteiger partial charge in [0, 0.05) is 24.0 Å². The summed E-state index contributed by atoms with van der Waals surface area (Å²) >= 11 is 7.48. The average Bonchev–Trinajstić information content (AvgIpc) is 3.29. The first-order valence-corrected chi connectivity index (χ1v) is 10.7. The fourth-order valence-corrected chi connectivity index (χ4v) is 4.63. The van der Waals surface area contributed by atoms with E-state index in [1.54, 1.807) is 4.90 Å². The Bertz CT molecular complexity index is 1160. The number of fused-ring (bicyclic) bond motifs is 1. The van der Waals surface area contributed by atoms with E-state index in [1.807, 2.05) is 49.0 Å². The zero-order valence-corrected chi connectivity index (χ0v) is 18.2. The SMILES string of the molecule is CCc1ccc(CN(C)C(=O)c2cc3c(C)nn(-c4ccc(Cl)cc4)c3s2)cc1. The van der Waals surface area contributed by atoms with Gasteiger partial charge < -0.3 is 4.90 Å². The Morgan fingerprint density at radius 3 is 2.41 bits per heavy atom. The Labute approximate surface area is 179 Å². The van der Waals surface area contributed by atoms with Crippen molar-refractivity contribution in [1.82, 2.24) is 14.7 Å². The lowest BCUT2D eigenvalue weighted by Crippen LogP contribution is -2.25. The van der Waals surface area contributed by atoms with Crippen LogP contribution >= 0.6 is 22.9 Å². The van der Waals surface area contributed by atoms with Gasteiger partial charge in [0.15, 0.2) is 0 Å². The highest BCUT2D eigenvalue weighted by molar-refractivity contribution is 7.20. The standard InChI is InChI=1S/C23H22ClN3OS/c1-4-16-5-7-17(8-6-16)14-26(3)22(28)21-13-20-15(2)25-27(23(20)29-21)19-11-9-18(24)10-12-19/h5-13H,4,14H2,1-3H3. The molecular formula is C23H22ClN3OS. The fourth-order valence-electron chi connectivity index (χ4n) is 3.32. The number of nitrogens with zero attached hydrogens (tertiary/aromatic N) is 3. The topological polar surface area (TPSA) is 38.1 Å². The summed E-state index contributed by atoms with van der Waals surface area (Å²) < 4.78 is 1.88. The number of hydrogen-bond acceptors (Lipinski definition) is 3. The largest absolute Gasteiger partial charge is 0.337 e. The second-order valence-corrected chi connectivity index (χ2v) is 8.60. The zero-order valence-electron chi connectivity index (χ0n) is 16.6. The van der Waals surface area contributed by atoms with Crippen molar-refractivity contribution in [3.05, 3.63) is 81.3 Å². The van der Waals surface area contributed by atoms with Gasteiger partial charge >= 0.3 is 0 Å². The van der Waals surface area contributed by atoms with Crippen LogP contribution in [0.4, 0.5) is 0 Å². The number of hydrogen-bond donors (Lipinski definition) is 0. The first kappa shape index (κ1) is 19.7. The Morgan fingerprint density at radius 2 is 1.76 bits per heavy atom. The Kier molecular flexibility index (Phi) is 5.43. The van der Waals surface area contributed by atoms with Crippen LogP contribution in [0.2, 0.25) is 5.02 Å². The van der Waals surface area contributed by atoms with Gasteiger partial charge in [-0.3, -0.25) is 4.79 Å². The summed E-state index contributed by atoms with van der Waals surface area (Å²) in [6, 6.07) is 17.9. The minimum atomic E-state index is 0.0211. The van der Waals surface area contributed by atoms with Gasteiger partial charge in [-0.05, 0) is 54.8 Å². The van der Waals surface area contributed by atoms with Crippen molar-refractivity contribution in [3.63, 3.8) is 0 Å². The summed E-state index contributed by atoms with van der Waals surface area (Å²) in [4.78, 5) is 16.5. The smallest absolute Gasteiger partial charge is 0.264 e. The van der Waals surface area contributed by atoms with Crippen LogP contribution in [0.1, 0.15) is 33.4 Å². The van der Waals surface area contributed by atoms with Crippen LogP contribution in [-0.2, 0) is 13.0 Å². The van der Waals surface area contributed by atoms with E-state index in [-0.39, 0.29) is 5.91 Å². The normalized spacial score (nSPS) is 11.2. The minimum Gasteiger partial charge on any atom is -0.337 e. The molecule has 0 atom stereocenters. The van der Waals surface area contributed by atoms with Crippen molar-refractivity contribution in [2.24, 2.45) is 0 Å². The number of thiophene rings is 1. The van der Waals surface area contributed by atoms with Crippen molar-refractivity contribution in [1.29, 1.82) is 0 Å². The number of carbonyl (C=O) groups excluding carboxylic acids is 1. The molecule has 6 heteroatoms. The molecule has 0 bridgehead atoms. The summed E-state index contributed by atoms with van der Waals surface area (Å²) in [6.45, 7) is 4.69. The first-order valence-electron chi connectivity index (χ1n) is 9.54. The van der Waals surface area contributed by atoms with E-state index in [0.29, 0.717) is 11.6 Å². The summed E-state index contributed by atoms with van der Waals surface area (Å²) in [6.07, 6.45) is 1.01. The van der Waals surface area contributed by atoms with Crippen molar-refractivity contribution in [2.75, 3.05) is 7.05 Å². The molecule has 2 heterocycles. The molecule has 1 amide bonds. The molecule has 4 aromatic rings. The van der Waals surface area contributed by atoms with Gasteiger partial charge in [-0.1, -0.05) is 42.8 Å². The van der Waals surface area contributed by atoms with E-state index in [2.05, 4.69) is 36.3 Å². The molecule has 4 rings (SSSR count). The van der Waals surface area contributed by atoms with Crippen LogP contribution in [0, 0.1) is 6.92 Å². The minimum absolute atomic E-state index is 0.0211. The maximum atomic E-state index is 13.0. The summed E-state index contributed by atoms with van der Waals surface area (Å²) in [5, 5.41) is 6.33. The molecule has 0 saturated carbocycles. The van der Waals surface area contributed by atoms with Gasteiger partial charge in [-0.2, -0.15) is 5.10 Å². The molecule has 0 aliphatic carbocycles. The van der Waals surface area contributed by atoms with E-state index in [1.165, 1.54) is 16.9 Å². The third-order valence-corrected chi connectivity index (χ3v) is 6.37. The molecule has 0 radical (unpaired) electrons. The van der Waals surface area contributed by atoms with Crippen LogP contribution < -0.4 is 0 Å². The molecule has 0 aliphatic rings. The molecule has 0 aliphatic heterocycles. The van der Waals surface area contributed by atoms with E-state index in [9.17, 15) is 4.79 Å². The van der Waals surface area contributed by atoms with Gasteiger partial charge in [-0.15, -0.1) is 11.3 Å². The van der Waals surface area contributed by atoms with Gasteiger partial charge in [0.2, 0.25) is 0 Å². The van der Waals surface area contributed by atoms with Crippen LogP contribution in [0.3, 0.4) is 0 Å². The highest BCUT2D eigenvalue weighted by atomic mass is 35.5. The lowest BCUT2D eigenvalue weighted by atomic mass is 10.1. The molecule has 29 heavy (non-hydrogen) atoms. The third-order valence-electron chi connectivity index (χ3n) is 5.02. The Balaban J connectivity index is 1.60. The molecule has 0 fully saturated rings. The summed E-state index contributed by atoms with van der Waals surface area (Å²) in [7, 11) is 1.85. The fraction of sp³-hybridized carbons (Fsp3) is 0.217. The second-order valence-electron chi connectivity index (χ2n) is 7.13. The molecule has 0 unspecified atom stereocenters. The maximum absolute atomic E-state index is 13.0. The first-order chi connectivity index (χ1) is 14.0. The van der Waals surface area contributed by atoms with Crippen LogP contribution in [-0.4, -0.2) is 27.6 Å². The van der Waals surface area contributed by atoms with Gasteiger partial charge in [0.1, 0.15) is 4.83 Å². The van der Waals surface area contributed by atoms with E-state index in [0.717, 1.165) is 38.5 Å². The van der Waals surface area contributed by atoms with E-state index >= 15 is 0 Å². The average molecular weight is 424 g/mol. The monoisotopic (exact) mass is 423 g/mol. The molecule has 4 nitrogen and oxygen atoms in total. The van der Waals surface area contributed by atoms with Gasteiger partial charge in [0.25, 0.3) is 5.91 Å². The molecular weight excluding hydrogens is 402 g/mol. The summed E-state index contributed by atoms with van der Waals surface area (Å²) in [5.41, 5.74) is 4.26. The molecule has 0 spiro atoms. The maximum Gasteiger partial charge on any atom is 0.264 e. The highest BCUT2D eigenvalue weighted by Gasteiger charge is 2.19. The van der Waals surface area contributed by atoms with Gasteiger partial charge in [0.05, 0.1) is 16.3 Å². The number of rotatable bonds is 5. The number of aryl methyl sites for hydroxylation is 2. The zero-order chi connectivity index (χ0) is 20.5. The Morgan fingerprint density at radius 1 is 1.10 bits per heavy atom. The predicted molar refractivity (Wildman–Crippen MR) is 120 cm³/mol. The van der Waals surface area contributed by atoms with Crippen molar-refractivity contribution in [3.8, 4) is 5.69 Å². The number of aromatic nitrogens is 2.